The summed E-state index contributed by atoms with van der Waals surface area (Å²) in [5.74, 6) is -1.48. The van der Waals surface area contributed by atoms with Crippen molar-refractivity contribution in [1.29, 1.82) is 5.26 Å². The quantitative estimate of drug-likeness (QED) is 0.892. The number of nitrogens with zero attached hydrogens (tertiary/aromatic N) is 2. The molecule has 0 aliphatic rings. The fraction of sp³-hybridized carbons (Fsp3) is 0.400. The lowest BCUT2D eigenvalue weighted by molar-refractivity contribution is -0.147. The molecule has 1 amide bonds. The molecule has 0 radical (unpaired) electrons. The van der Waals surface area contributed by atoms with E-state index in [1.165, 1.54) is 18.7 Å². The summed E-state index contributed by atoms with van der Waals surface area (Å²) in [6.45, 7) is 4.86. The molecule has 5 nitrogen and oxygen atoms in total. The van der Waals surface area contributed by atoms with Crippen LogP contribution in [-0.2, 0) is 4.79 Å². The second-order valence-electron chi connectivity index (χ2n) is 5.10. The molecule has 106 valence electrons. The summed E-state index contributed by atoms with van der Waals surface area (Å²) >= 11 is 0. The Balaban J connectivity index is 3.14. The predicted octanol–water partition coefficient (Wildman–Crippen LogP) is 2.21. The highest BCUT2D eigenvalue weighted by atomic mass is 16.4. The maximum atomic E-state index is 12.5. The summed E-state index contributed by atoms with van der Waals surface area (Å²) in [5.41, 5.74) is -0.0148. The summed E-state index contributed by atoms with van der Waals surface area (Å²) in [5, 5.41) is 18.0. The molecule has 0 saturated heterocycles. The van der Waals surface area contributed by atoms with Crippen LogP contribution in [0.3, 0.4) is 0 Å². The Morgan fingerprint density at radius 2 is 2.05 bits per heavy atom. The van der Waals surface area contributed by atoms with Crippen molar-refractivity contribution in [2.45, 2.75) is 32.7 Å². The lowest BCUT2D eigenvalue weighted by Crippen LogP contribution is -2.53. The molecule has 0 aliphatic carbocycles. The van der Waals surface area contributed by atoms with E-state index < -0.39 is 11.5 Å². The molecule has 1 rings (SSSR count). The van der Waals surface area contributed by atoms with Gasteiger partial charge >= 0.3 is 5.97 Å². The van der Waals surface area contributed by atoms with Crippen LogP contribution in [0.4, 0.5) is 0 Å². The highest BCUT2D eigenvalue weighted by molar-refractivity contribution is 5.97. The van der Waals surface area contributed by atoms with Crippen molar-refractivity contribution in [2.75, 3.05) is 6.54 Å². The van der Waals surface area contributed by atoms with Crippen LogP contribution < -0.4 is 0 Å². The first-order valence-corrected chi connectivity index (χ1v) is 6.29. The molecule has 0 unspecified atom stereocenters. The Hall–Kier alpha value is -2.35. The van der Waals surface area contributed by atoms with Gasteiger partial charge < -0.3 is 10.0 Å². The zero-order chi connectivity index (χ0) is 15.3. The van der Waals surface area contributed by atoms with Crippen LogP contribution in [0.2, 0.25) is 0 Å². The number of carbonyl (C=O) groups excluding carboxylic acids is 1. The minimum Gasteiger partial charge on any atom is -0.480 e. The lowest BCUT2D eigenvalue weighted by atomic mass is 10.0. The predicted molar refractivity (Wildman–Crippen MR) is 74.2 cm³/mol. The van der Waals surface area contributed by atoms with Gasteiger partial charge in [-0.1, -0.05) is 17.7 Å². The van der Waals surface area contributed by atoms with Crippen LogP contribution in [0.5, 0.6) is 0 Å². The first-order chi connectivity index (χ1) is 9.30. The van der Waals surface area contributed by atoms with Crippen LogP contribution in [0.15, 0.2) is 24.3 Å². The topological polar surface area (TPSA) is 81.4 Å². The highest BCUT2D eigenvalue weighted by Crippen LogP contribution is 2.19. The number of rotatable bonds is 5. The molecule has 0 atom stereocenters. The van der Waals surface area contributed by atoms with Gasteiger partial charge in [0.2, 0.25) is 0 Å². The van der Waals surface area contributed by atoms with Gasteiger partial charge in [-0.25, -0.2) is 4.79 Å². The van der Waals surface area contributed by atoms with E-state index in [1.807, 2.05) is 19.1 Å². The smallest absolute Gasteiger partial charge is 0.329 e. The average molecular weight is 274 g/mol. The minimum atomic E-state index is -1.36. The van der Waals surface area contributed by atoms with Crippen molar-refractivity contribution >= 4 is 11.9 Å². The molecule has 0 aliphatic heterocycles. The van der Waals surface area contributed by atoms with Gasteiger partial charge in [-0.2, -0.15) is 5.26 Å². The summed E-state index contributed by atoms with van der Waals surface area (Å²) in [4.78, 5) is 25.1. The van der Waals surface area contributed by atoms with E-state index in [0.717, 1.165) is 5.56 Å². The number of carboxylic acid groups (broad SMARTS) is 1. The Labute approximate surface area is 118 Å². The molecule has 0 spiro atoms. The van der Waals surface area contributed by atoms with Gasteiger partial charge in [0.25, 0.3) is 5.91 Å². The number of hydrogen-bond acceptors (Lipinski definition) is 3. The molecule has 0 fully saturated rings. The maximum Gasteiger partial charge on any atom is 0.329 e. The van der Waals surface area contributed by atoms with Crippen molar-refractivity contribution < 1.29 is 14.7 Å². The van der Waals surface area contributed by atoms with E-state index in [4.69, 9.17) is 5.26 Å². The molecular weight excluding hydrogens is 256 g/mol. The average Bonchev–Trinajstić information content (AvgIpc) is 2.38. The van der Waals surface area contributed by atoms with E-state index in [0.29, 0.717) is 5.56 Å². The number of carboxylic acids is 1. The normalized spacial score (nSPS) is 10.7. The first kappa shape index (κ1) is 15.7. The Bertz CT molecular complexity index is 558. The van der Waals surface area contributed by atoms with Gasteiger partial charge in [-0.3, -0.25) is 4.79 Å². The molecule has 1 aromatic rings. The zero-order valence-corrected chi connectivity index (χ0v) is 11.9. The molecule has 0 saturated carbocycles. The number of carbonyl (C=O) groups is 2. The second kappa shape index (κ2) is 6.20. The third kappa shape index (κ3) is 3.35. The number of hydrogen-bond donors (Lipinski definition) is 1. The van der Waals surface area contributed by atoms with E-state index in [1.54, 1.807) is 18.2 Å². The standard InChI is InChI=1S/C15H18N2O3/c1-11-6-4-7-12(10-11)13(18)17(9-5-8-16)15(2,3)14(19)20/h4,6-7,10H,5,9H2,1-3H3,(H,19,20). The van der Waals surface area contributed by atoms with Crippen LogP contribution in [0.1, 0.15) is 36.2 Å². The fourth-order valence-corrected chi connectivity index (χ4v) is 1.85. The summed E-state index contributed by atoms with van der Waals surface area (Å²) < 4.78 is 0. The third-order valence-corrected chi connectivity index (χ3v) is 3.16. The van der Waals surface area contributed by atoms with Gasteiger partial charge in [0.05, 0.1) is 12.5 Å². The highest BCUT2D eigenvalue weighted by Gasteiger charge is 2.37. The molecule has 20 heavy (non-hydrogen) atoms. The number of nitriles is 1. The molecule has 1 aromatic carbocycles. The minimum absolute atomic E-state index is 0.0859. The van der Waals surface area contributed by atoms with Crippen molar-refractivity contribution in [3.8, 4) is 6.07 Å². The van der Waals surface area contributed by atoms with Crippen LogP contribution in [0.25, 0.3) is 0 Å². The van der Waals surface area contributed by atoms with Gasteiger partial charge in [0.1, 0.15) is 5.54 Å². The SMILES string of the molecule is Cc1cccc(C(=O)N(CCC#N)C(C)(C)C(=O)O)c1. The van der Waals surface area contributed by atoms with Crippen molar-refractivity contribution in [3.05, 3.63) is 35.4 Å². The molecular formula is C15H18N2O3. The molecule has 0 aromatic heterocycles. The van der Waals surface area contributed by atoms with E-state index in [-0.39, 0.29) is 18.9 Å². The van der Waals surface area contributed by atoms with E-state index in [9.17, 15) is 14.7 Å². The number of amides is 1. The third-order valence-electron chi connectivity index (χ3n) is 3.16. The maximum absolute atomic E-state index is 12.5. The Morgan fingerprint density at radius 1 is 1.40 bits per heavy atom. The van der Waals surface area contributed by atoms with Crippen molar-refractivity contribution in [2.24, 2.45) is 0 Å². The van der Waals surface area contributed by atoms with Crippen molar-refractivity contribution in [3.63, 3.8) is 0 Å². The van der Waals surface area contributed by atoms with E-state index >= 15 is 0 Å². The fourth-order valence-electron chi connectivity index (χ4n) is 1.85. The van der Waals surface area contributed by atoms with Crippen LogP contribution >= 0.6 is 0 Å². The molecule has 1 N–H and O–H groups in total. The lowest BCUT2D eigenvalue weighted by Gasteiger charge is -2.34. The molecule has 0 bridgehead atoms. The molecule has 5 heteroatoms. The first-order valence-electron chi connectivity index (χ1n) is 6.29. The Kier molecular flexibility index (Phi) is 4.87. The summed E-state index contributed by atoms with van der Waals surface area (Å²) in [7, 11) is 0. The van der Waals surface area contributed by atoms with E-state index in [2.05, 4.69) is 0 Å². The van der Waals surface area contributed by atoms with Crippen LogP contribution in [-0.4, -0.2) is 34.0 Å². The zero-order valence-electron chi connectivity index (χ0n) is 11.9. The van der Waals surface area contributed by atoms with Gasteiger partial charge in [-0.15, -0.1) is 0 Å². The molecule has 0 heterocycles. The number of aryl methyl sites for hydroxylation is 1. The monoisotopic (exact) mass is 274 g/mol. The number of benzene rings is 1. The largest absolute Gasteiger partial charge is 0.480 e. The summed E-state index contributed by atoms with van der Waals surface area (Å²) in [6, 6.07) is 8.90. The Morgan fingerprint density at radius 3 is 2.55 bits per heavy atom. The van der Waals surface area contributed by atoms with Crippen LogP contribution in [0, 0.1) is 18.3 Å². The van der Waals surface area contributed by atoms with Gasteiger partial charge in [0, 0.05) is 12.1 Å². The van der Waals surface area contributed by atoms with Gasteiger partial charge in [0.15, 0.2) is 0 Å². The second-order valence-corrected chi connectivity index (χ2v) is 5.10. The van der Waals surface area contributed by atoms with Gasteiger partial charge in [-0.05, 0) is 32.9 Å². The van der Waals surface area contributed by atoms with Crippen molar-refractivity contribution in [1.82, 2.24) is 4.90 Å². The number of aliphatic carboxylic acids is 1. The summed E-state index contributed by atoms with van der Waals surface area (Å²) in [6.07, 6.45) is 0.0915.